The van der Waals surface area contributed by atoms with E-state index in [1.54, 1.807) is 46.4 Å². The summed E-state index contributed by atoms with van der Waals surface area (Å²) >= 11 is 0. The van der Waals surface area contributed by atoms with E-state index in [0.29, 0.717) is 38.8 Å². The topological polar surface area (TPSA) is 175 Å². The third kappa shape index (κ3) is 12.2. The molecule has 2 fully saturated rings. The molecule has 0 unspecified atom stereocenters. The number of carbonyl (C=O) groups is 5. The van der Waals surface area contributed by atoms with Gasteiger partial charge >= 0.3 is 12.1 Å². The monoisotopic (exact) mass is 583 g/mol. The molecule has 2 heterocycles. The van der Waals surface area contributed by atoms with Crippen molar-refractivity contribution in [2.75, 3.05) is 26.2 Å². The minimum absolute atomic E-state index is 0.112. The number of aliphatic carboxylic acids is 1. The molecule has 2 saturated heterocycles. The molecule has 13 nitrogen and oxygen atoms in total. The Balaban J connectivity index is 1.97. The normalized spacial score (nSPS) is 20.7. The Bertz CT molecular complexity index is 923. The van der Waals surface area contributed by atoms with Crippen molar-refractivity contribution in [3.63, 3.8) is 0 Å². The van der Waals surface area contributed by atoms with E-state index >= 15 is 0 Å². The van der Waals surface area contributed by atoms with Crippen LogP contribution >= 0.6 is 0 Å². The summed E-state index contributed by atoms with van der Waals surface area (Å²) in [6.07, 6.45) is 3.24. The average Bonchev–Trinajstić information content (AvgIpc) is 3.56. The van der Waals surface area contributed by atoms with Crippen LogP contribution in [0.3, 0.4) is 0 Å². The van der Waals surface area contributed by atoms with Crippen LogP contribution in [0, 0.1) is 0 Å². The molecule has 4 atom stereocenters. The van der Waals surface area contributed by atoms with Crippen LogP contribution < -0.4 is 21.3 Å². The maximum Gasteiger partial charge on any atom is 0.407 e. The molecule has 0 saturated carbocycles. The van der Waals surface area contributed by atoms with Gasteiger partial charge in [-0.05, 0) is 93.0 Å². The number of rotatable bonds is 13. The quantitative estimate of drug-likeness (QED) is 0.200. The van der Waals surface area contributed by atoms with E-state index in [1.165, 1.54) is 0 Å². The first-order chi connectivity index (χ1) is 19.1. The third-order valence-electron chi connectivity index (χ3n) is 6.72. The van der Waals surface area contributed by atoms with Gasteiger partial charge in [0.1, 0.15) is 23.7 Å². The first-order valence-electron chi connectivity index (χ1n) is 14.6. The summed E-state index contributed by atoms with van der Waals surface area (Å²) in [4.78, 5) is 64.8. The highest BCUT2D eigenvalue weighted by Crippen LogP contribution is 2.21. The fraction of sp³-hybridized carbons (Fsp3) is 0.821. The van der Waals surface area contributed by atoms with Crippen LogP contribution in [0.2, 0.25) is 0 Å². The maximum absolute atomic E-state index is 13.3. The Labute approximate surface area is 242 Å². The second kappa shape index (κ2) is 15.3. The van der Waals surface area contributed by atoms with E-state index in [4.69, 9.17) is 9.47 Å². The van der Waals surface area contributed by atoms with Gasteiger partial charge in [0.2, 0.25) is 17.7 Å². The van der Waals surface area contributed by atoms with Crippen molar-refractivity contribution >= 4 is 29.8 Å². The van der Waals surface area contributed by atoms with Crippen molar-refractivity contribution in [2.24, 2.45) is 0 Å². The Morgan fingerprint density at radius 2 is 1.66 bits per heavy atom. The number of carboxylic acid groups (broad SMARTS) is 1. The number of hydrogen-bond donors (Lipinski definition) is 5. The lowest BCUT2D eigenvalue weighted by Gasteiger charge is -2.30. The van der Waals surface area contributed by atoms with Crippen molar-refractivity contribution in [2.45, 2.75) is 122 Å². The number of nitrogens with zero attached hydrogens (tertiary/aromatic N) is 1. The number of alkyl carbamates (subject to hydrolysis) is 1. The smallest absolute Gasteiger partial charge is 0.407 e. The second-order valence-corrected chi connectivity index (χ2v) is 12.6. The summed E-state index contributed by atoms with van der Waals surface area (Å²) in [6.45, 7) is 12.0. The Morgan fingerprint density at radius 1 is 0.951 bits per heavy atom. The van der Waals surface area contributed by atoms with Crippen molar-refractivity contribution in [1.29, 1.82) is 0 Å². The van der Waals surface area contributed by atoms with E-state index < -0.39 is 53.2 Å². The van der Waals surface area contributed by atoms with Crippen LogP contribution in [0.1, 0.15) is 86.5 Å². The lowest BCUT2D eigenvalue weighted by atomic mass is 10.1. The number of carboxylic acids is 1. The summed E-state index contributed by atoms with van der Waals surface area (Å²) in [5.41, 5.74) is -1.23. The molecule has 0 aromatic heterocycles. The molecular weight excluding hydrogens is 534 g/mol. The summed E-state index contributed by atoms with van der Waals surface area (Å²) in [7, 11) is 0. The van der Waals surface area contributed by atoms with E-state index in [-0.39, 0.29) is 25.0 Å². The average molecular weight is 584 g/mol. The first kappa shape index (κ1) is 34.3. The molecule has 0 aliphatic carbocycles. The van der Waals surface area contributed by atoms with Crippen molar-refractivity contribution < 1.29 is 38.6 Å². The number of nitrogens with one attached hydrogen (secondary N) is 4. The Morgan fingerprint density at radius 3 is 2.24 bits per heavy atom. The zero-order valence-corrected chi connectivity index (χ0v) is 25.3. The molecular formula is C28H49N5O8. The number of carbonyl (C=O) groups excluding carboxylic acids is 4. The number of amides is 4. The van der Waals surface area contributed by atoms with Crippen molar-refractivity contribution in [3.8, 4) is 0 Å². The molecule has 0 spiro atoms. The van der Waals surface area contributed by atoms with Gasteiger partial charge in [-0.15, -0.1) is 0 Å². The molecule has 2 aliphatic heterocycles. The first-order valence-corrected chi connectivity index (χ1v) is 14.6. The molecule has 2 aliphatic rings. The summed E-state index contributed by atoms with van der Waals surface area (Å²) in [5.74, 6) is -2.47. The molecule has 4 amide bonds. The van der Waals surface area contributed by atoms with Crippen molar-refractivity contribution in [3.05, 3.63) is 0 Å². The zero-order chi connectivity index (χ0) is 30.8. The van der Waals surface area contributed by atoms with Gasteiger partial charge in [-0.1, -0.05) is 0 Å². The van der Waals surface area contributed by atoms with Crippen LogP contribution in [0.5, 0.6) is 0 Å². The van der Waals surface area contributed by atoms with E-state index in [9.17, 15) is 29.1 Å². The molecule has 41 heavy (non-hydrogen) atoms. The highest BCUT2D eigenvalue weighted by Gasteiger charge is 2.39. The van der Waals surface area contributed by atoms with Gasteiger partial charge in [0.05, 0.1) is 18.2 Å². The lowest BCUT2D eigenvalue weighted by molar-refractivity contribution is -0.144. The molecule has 234 valence electrons. The summed E-state index contributed by atoms with van der Waals surface area (Å²) in [6, 6.07) is -3.36. The Kier molecular flexibility index (Phi) is 12.8. The number of unbranched alkanes of at least 4 members (excludes halogenated alkanes) is 1. The minimum atomic E-state index is -1.21. The lowest BCUT2D eigenvalue weighted by Crippen LogP contribution is -2.58. The largest absolute Gasteiger partial charge is 0.480 e. The van der Waals surface area contributed by atoms with E-state index in [1.807, 2.05) is 0 Å². The molecule has 13 heteroatoms. The van der Waals surface area contributed by atoms with Crippen molar-refractivity contribution in [1.82, 2.24) is 26.2 Å². The van der Waals surface area contributed by atoms with E-state index in [2.05, 4.69) is 21.3 Å². The standard InChI is InChI=1S/C28H49N5O8/c1-27(2,3)40-17-20(32-23(35)21-13-10-16-33(21)24(36)18-12-9-15-29-18)22(34)31-19(25(37)38)11-7-8-14-30-26(39)41-28(4,5)6/h18-21,29H,7-17H2,1-6H3,(H,30,39)(H,31,34)(H,32,35)(H,37,38)/t18-,19-,20-,21-/m0/s1. The molecule has 0 radical (unpaired) electrons. The molecule has 0 aromatic rings. The SMILES string of the molecule is CC(C)(C)OC[C@H](NC(=O)[C@@H]1CCCN1C(=O)[C@@H]1CCCN1)C(=O)N[C@@H](CCCCNC(=O)OC(C)(C)C)C(=O)O. The van der Waals surface area contributed by atoms with Gasteiger partial charge in [-0.3, -0.25) is 14.4 Å². The fourth-order valence-electron chi connectivity index (χ4n) is 4.69. The predicted molar refractivity (Wildman–Crippen MR) is 151 cm³/mol. The van der Waals surface area contributed by atoms with Crippen LogP contribution in [0.15, 0.2) is 0 Å². The minimum Gasteiger partial charge on any atom is -0.480 e. The van der Waals surface area contributed by atoms with Gasteiger partial charge in [-0.25, -0.2) is 9.59 Å². The molecule has 0 bridgehead atoms. The second-order valence-electron chi connectivity index (χ2n) is 12.6. The van der Waals surface area contributed by atoms with Crippen LogP contribution in [0.4, 0.5) is 4.79 Å². The predicted octanol–water partition coefficient (Wildman–Crippen LogP) is 1.29. The Hall–Kier alpha value is -2.93. The van der Waals surface area contributed by atoms with Gasteiger partial charge in [0.25, 0.3) is 0 Å². The van der Waals surface area contributed by atoms with Gasteiger partial charge in [0.15, 0.2) is 0 Å². The number of likely N-dealkylation sites (tertiary alicyclic amines) is 1. The van der Waals surface area contributed by atoms with Crippen LogP contribution in [0.25, 0.3) is 0 Å². The molecule has 2 rings (SSSR count). The third-order valence-corrected chi connectivity index (χ3v) is 6.72. The van der Waals surface area contributed by atoms with Gasteiger partial charge < -0.3 is 40.7 Å². The van der Waals surface area contributed by atoms with Crippen LogP contribution in [-0.4, -0.2) is 101 Å². The maximum atomic E-state index is 13.3. The number of hydrogen-bond acceptors (Lipinski definition) is 8. The molecule has 0 aromatic carbocycles. The van der Waals surface area contributed by atoms with Crippen LogP contribution in [-0.2, 0) is 28.7 Å². The zero-order valence-electron chi connectivity index (χ0n) is 25.3. The summed E-state index contributed by atoms with van der Waals surface area (Å²) < 4.78 is 10.9. The highest BCUT2D eigenvalue weighted by molar-refractivity contribution is 5.94. The number of ether oxygens (including phenoxy) is 2. The van der Waals surface area contributed by atoms with Gasteiger partial charge in [-0.2, -0.15) is 0 Å². The molecule has 5 N–H and O–H groups in total. The van der Waals surface area contributed by atoms with E-state index in [0.717, 1.165) is 19.4 Å². The fourth-order valence-corrected chi connectivity index (χ4v) is 4.69. The van der Waals surface area contributed by atoms with Gasteiger partial charge in [0, 0.05) is 13.1 Å². The summed E-state index contributed by atoms with van der Waals surface area (Å²) in [5, 5.41) is 20.7. The highest BCUT2D eigenvalue weighted by atomic mass is 16.6.